The molecule has 3 fully saturated rings. The first-order chi connectivity index (χ1) is 18.1. The molecular weight excluding hydrogens is 505 g/mol. The summed E-state index contributed by atoms with van der Waals surface area (Å²) in [6.45, 7) is -0.594. The summed E-state index contributed by atoms with van der Waals surface area (Å²) >= 11 is 0. The van der Waals surface area contributed by atoms with Crippen molar-refractivity contribution in [3.63, 3.8) is 0 Å². The van der Waals surface area contributed by atoms with E-state index in [4.69, 9.17) is 9.84 Å². The van der Waals surface area contributed by atoms with Crippen LogP contribution in [-0.2, 0) is 4.79 Å². The van der Waals surface area contributed by atoms with Gasteiger partial charge in [-0.1, -0.05) is 0 Å². The number of aliphatic hydroxyl groups is 1. The van der Waals surface area contributed by atoms with Gasteiger partial charge in [-0.25, -0.2) is 18.2 Å². The highest BCUT2D eigenvalue weighted by molar-refractivity contribution is 5.94. The Labute approximate surface area is 217 Å². The molecule has 2 atom stereocenters. The van der Waals surface area contributed by atoms with E-state index < -0.39 is 30.4 Å². The third-order valence-electron chi connectivity index (χ3n) is 7.77. The quantitative estimate of drug-likeness (QED) is 0.470. The molecule has 1 aliphatic carbocycles. The lowest BCUT2D eigenvalue weighted by Crippen LogP contribution is -2.52. The topological polar surface area (TPSA) is 124 Å². The van der Waals surface area contributed by atoms with Crippen molar-refractivity contribution in [3.05, 3.63) is 29.8 Å². The number of aromatic amines is 1. The maximum absolute atomic E-state index is 14.3. The molecule has 1 spiro atoms. The molecule has 0 bridgehead atoms. The number of carbonyl (C=O) groups excluding carboxylic acids is 2. The van der Waals surface area contributed by atoms with Crippen molar-refractivity contribution >= 4 is 11.8 Å². The molecule has 0 radical (unpaired) electrons. The van der Waals surface area contributed by atoms with E-state index in [1.807, 2.05) is 0 Å². The first-order valence-electron chi connectivity index (χ1n) is 12.7. The number of likely N-dealkylation sites (tertiary alicyclic amines) is 2. The van der Waals surface area contributed by atoms with Gasteiger partial charge in [0.05, 0.1) is 25.5 Å². The smallest absolute Gasteiger partial charge is 0.283 e. The molecule has 2 saturated heterocycles. The zero-order valence-electron chi connectivity index (χ0n) is 21.1. The number of rotatable bonds is 8. The van der Waals surface area contributed by atoms with Crippen LogP contribution >= 0.6 is 0 Å². The molecule has 206 valence electrons. The molecule has 2 amide bonds. The van der Waals surface area contributed by atoms with Crippen molar-refractivity contribution < 1.29 is 32.6 Å². The second-order valence-electron chi connectivity index (χ2n) is 10.5. The molecule has 2 aromatic heterocycles. The predicted molar refractivity (Wildman–Crippen MR) is 129 cm³/mol. The Morgan fingerprint density at radius 3 is 2.79 bits per heavy atom. The summed E-state index contributed by atoms with van der Waals surface area (Å²) in [5.74, 6) is -4.17. The molecule has 2 aromatic rings. The van der Waals surface area contributed by atoms with Crippen LogP contribution in [0.25, 0.3) is 11.3 Å². The van der Waals surface area contributed by atoms with Crippen LogP contribution in [-0.4, -0.2) is 99.3 Å². The van der Waals surface area contributed by atoms with Crippen molar-refractivity contribution in [2.75, 3.05) is 39.9 Å². The van der Waals surface area contributed by atoms with Crippen molar-refractivity contribution in [3.8, 4) is 17.1 Å². The van der Waals surface area contributed by atoms with E-state index in [1.165, 1.54) is 19.2 Å². The summed E-state index contributed by atoms with van der Waals surface area (Å²) < 4.78 is 46.4. The summed E-state index contributed by atoms with van der Waals surface area (Å²) in [5, 5.41) is 18.6. The molecule has 2 aliphatic heterocycles. The van der Waals surface area contributed by atoms with E-state index in [2.05, 4.69) is 20.5 Å². The number of H-pyrrole nitrogens is 1. The van der Waals surface area contributed by atoms with Gasteiger partial charge in [-0.2, -0.15) is 5.10 Å². The summed E-state index contributed by atoms with van der Waals surface area (Å²) in [5.41, 5.74) is 0.246. The van der Waals surface area contributed by atoms with Gasteiger partial charge in [0, 0.05) is 48.8 Å². The number of aromatic nitrogens is 3. The summed E-state index contributed by atoms with van der Waals surface area (Å²) in [6.07, 6.45) is 4.19. The van der Waals surface area contributed by atoms with Crippen LogP contribution in [0, 0.1) is 11.7 Å². The van der Waals surface area contributed by atoms with E-state index in [0.29, 0.717) is 38.9 Å². The van der Waals surface area contributed by atoms with Crippen LogP contribution in [0.2, 0.25) is 0 Å². The molecule has 3 N–H and O–H groups in total. The number of piperidine rings is 1. The van der Waals surface area contributed by atoms with E-state index >= 15 is 0 Å². The van der Waals surface area contributed by atoms with Gasteiger partial charge in [0.1, 0.15) is 12.3 Å². The fraction of sp³-hybridized carbons (Fsp3) is 0.600. The highest BCUT2D eigenvalue weighted by Gasteiger charge is 2.54. The number of hydrogen-bond donors (Lipinski definition) is 3. The molecule has 10 nitrogen and oxygen atoms in total. The first kappa shape index (κ1) is 26.4. The minimum absolute atomic E-state index is 0.116. The number of nitrogens with one attached hydrogen (secondary N) is 2. The molecule has 2 unspecified atom stereocenters. The van der Waals surface area contributed by atoms with E-state index in [0.717, 1.165) is 19.0 Å². The first-order valence-corrected chi connectivity index (χ1v) is 12.7. The number of aliphatic hydroxyl groups excluding tert-OH is 1. The SMILES string of the molecule is COc1cc(-c2cc(C(=O)N3CCC(C(=O)NC4CCN(CC(F)(F)CO)C4)CC34CC4)[nH]n2)c(F)cn1. The van der Waals surface area contributed by atoms with Gasteiger partial charge in [-0.05, 0) is 38.2 Å². The predicted octanol–water partition coefficient (Wildman–Crippen LogP) is 1.82. The van der Waals surface area contributed by atoms with Crippen LogP contribution in [0.1, 0.15) is 42.6 Å². The molecular formula is C25H31F3N6O4. The summed E-state index contributed by atoms with van der Waals surface area (Å²) in [7, 11) is 1.42. The Balaban J connectivity index is 1.19. The molecule has 3 aliphatic rings. The maximum Gasteiger partial charge on any atom is 0.283 e. The van der Waals surface area contributed by atoms with Gasteiger partial charge in [0.25, 0.3) is 11.8 Å². The minimum Gasteiger partial charge on any atom is -0.481 e. The summed E-state index contributed by atoms with van der Waals surface area (Å²) in [4.78, 5) is 33.5. The average Bonchev–Trinajstić information content (AvgIpc) is 3.28. The van der Waals surface area contributed by atoms with Crippen LogP contribution in [0.3, 0.4) is 0 Å². The number of methoxy groups -OCH3 is 1. The third kappa shape index (κ3) is 5.35. The standard InChI is InChI=1S/C25H31F3N6O4/c1-38-21-8-17(18(26)11-29-21)19-9-20(32-31-19)23(37)34-7-2-15(10-24(34)4-5-24)22(36)30-16-3-6-33(12-16)13-25(27,28)14-35/h8-9,11,15-16,35H,2-7,10,12-14H2,1H3,(H,30,36)(H,31,32). The molecule has 38 heavy (non-hydrogen) atoms. The van der Waals surface area contributed by atoms with Crippen molar-refractivity contribution in [2.24, 2.45) is 5.92 Å². The molecule has 4 heterocycles. The van der Waals surface area contributed by atoms with Crippen LogP contribution in [0.5, 0.6) is 5.88 Å². The van der Waals surface area contributed by atoms with Gasteiger partial charge in [-0.3, -0.25) is 19.6 Å². The van der Waals surface area contributed by atoms with Crippen molar-refractivity contribution in [1.29, 1.82) is 0 Å². The van der Waals surface area contributed by atoms with Crippen LogP contribution < -0.4 is 10.1 Å². The Morgan fingerprint density at radius 2 is 2.08 bits per heavy atom. The second kappa shape index (κ2) is 10.2. The highest BCUT2D eigenvalue weighted by Crippen LogP contribution is 2.50. The minimum atomic E-state index is -3.16. The molecule has 5 rings (SSSR count). The number of hydrogen-bond acceptors (Lipinski definition) is 7. The molecule has 13 heteroatoms. The Kier molecular flexibility index (Phi) is 7.07. The van der Waals surface area contributed by atoms with Gasteiger partial charge >= 0.3 is 0 Å². The highest BCUT2D eigenvalue weighted by atomic mass is 19.3. The lowest BCUT2D eigenvalue weighted by molar-refractivity contribution is -0.127. The number of halogens is 3. The molecule has 0 aromatic carbocycles. The van der Waals surface area contributed by atoms with Crippen molar-refractivity contribution in [1.82, 2.24) is 30.3 Å². The maximum atomic E-state index is 14.3. The number of carbonyl (C=O) groups is 2. The fourth-order valence-corrected chi connectivity index (χ4v) is 5.58. The third-order valence-corrected chi connectivity index (χ3v) is 7.77. The Morgan fingerprint density at radius 1 is 1.29 bits per heavy atom. The zero-order chi connectivity index (χ0) is 27.1. The number of nitrogens with zero attached hydrogens (tertiary/aromatic N) is 4. The van der Waals surface area contributed by atoms with Gasteiger partial charge < -0.3 is 20.1 Å². The normalized spacial score (nSPS) is 23.0. The van der Waals surface area contributed by atoms with E-state index in [1.54, 1.807) is 9.80 Å². The number of pyridine rings is 1. The largest absolute Gasteiger partial charge is 0.481 e. The van der Waals surface area contributed by atoms with E-state index in [9.17, 15) is 22.8 Å². The average molecular weight is 537 g/mol. The Bertz CT molecular complexity index is 1200. The lowest BCUT2D eigenvalue weighted by Gasteiger charge is -2.39. The summed E-state index contributed by atoms with van der Waals surface area (Å²) in [6, 6.07) is 2.69. The van der Waals surface area contributed by atoms with Gasteiger partial charge in [-0.15, -0.1) is 0 Å². The monoisotopic (exact) mass is 536 g/mol. The number of alkyl halides is 2. The van der Waals surface area contributed by atoms with E-state index in [-0.39, 0.29) is 46.6 Å². The Hall–Kier alpha value is -3.19. The zero-order valence-corrected chi connectivity index (χ0v) is 21.1. The van der Waals surface area contributed by atoms with Crippen LogP contribution in [0.15, 0.2) is 18.3 Å². The number of amides is 2. The van der Waals surface area contributed by atoms with Crippen LogP contribution in [0.4, 0.5) is 13.2 Å². The fourth-order valence-electron chi connectivity index (χ4n) is 5.58. The van der Waals surface area contributed by atoms with Crippen molar-refractivity contribution in [2.45, 2.75) is 49.6 Å². The lowest BCUT2D eigenvalue weighted by atomic mass is 9.87. The molecule has 1 saturated carbocycles. The van der Waals surface area contributed by atoms with Gasteiger partial charge in [0.2, 0.25) is 11.8 Å². The second-order valence-corrected chi connectivity index (χ2v) is 10.5. The number of ether oxygens (including phenoxy) is 1. The van der Waals surface area contributed by atoms with Gasteiger partial charge in [0.15, 0.2) is 5.82 Å².